The first-order valence-corrected chi connectivity index (χ1v) is 11.0. The zero-order valence-electron chi connectivity index (χ0n) is 17.4. The van der Waals surface area contributed by atoms with Gasteiger partial charge in [0, 0.05) is 37.6 Å². The highest BCUT2D eigenvalue weighted by molar-refractivity contribution is 7.13. The van der Waals surface area contributed by atoms with Crippen molar-refractivity contribution in [2.24, 2.45) is 0 Å². The van der Waals surface area contributed by atoms with Crippen molar-refractivity contribution in [1.82, 2.24) is 9.27 Å². The van der Waals surface area contributed by atoms with E-state index < -0.39 is 4.92 Å². The fourth-order valence-electron chi connectivity index (χ4n) is 3.98. The van der Waals surface area contributed by atoms with Crippen LogP contribution in [0.1, 0.15) is 16.1 Å². The predicted molar refractivity (Wildman–Crippen MR) is 123 cm³/mol. The molecule has 0 radical (unpaired) electrons. The molecule has 0 aliphatic carbocycles. The lowest BCUT2D eigenvalue weighted by atomic mass is 10.1. The van der Waals surface area contributed by atoms with Crippen molar-refractivity contribution >= 4 is 39.0 Å². The molecule has 0 N–H and O–H groups in total. The highest BCUT2D eigenvalue weighted by atomic mass is 32.1. The van der Waals surface area contributed by atoms with Crippen molar-refractivity contribution < 1.29 is 14.1 Å². The smallest absolute Gasteiger partial charge is 0.289 e. The van der Waals surface area contributed by atoms with Crippen LogP contribution in [0.3, 0.4) is 0 Å². The van der Waals surface area contributed by atoms with Crippen molar-refractivity contribution in [3.63, 3.8) is 0 Å². The van der Waals surface area contributed by atoms with Crippen LogP contribution < -0.4 is 4.90 Å². The number of anilines is 1. The minimum atomic E-state index is -0.437. The third-order valence-electron chi connectivity index (χ3n) is 5.66. The molecule has 0 saturated carbocycles. The summed E-state index contributed by atoms with van der Waals surface area (Å²) in [6.07, 6.45) is 0. The molecule has 0 spiro atoms. The van der Waals surface area contributed by atoms with Crippen LogP contribution in [0.5, 0.6) is 0 Å². The lowest BCUT2D eigenvalue weighted by Gasteiger charge is -2.34. The highest BCUT2D eigenvalue weighted by Gasteiger charge is 2.27. The molecule has 9 heteroatoms. The van der Waals surface area contributed by atoms with Crippen LogP contribution in [-0.4, -0.2) is 46.3 Å². The Balaban J connectivity index is 1.31. The van der Waals surface area contributed by atoms with Gasteiger partial charge in [-0.15, -0.1) is 0 Å². The number of rotatable bonds is 4. The van der Waals surface area contributed by atoms with E-state index in [-0.39, 0.29) is 17.4 Å². The summed E-state index contributed by atoms with van der Waals surface area (Å²) in [6.45, 7) is 4.24. The van der Waals surface area contributed by atoms with Crippen LogP contribution in [-0.2, 0) is 0 Å². The number of nitro groups is 1. The molecule has 2 aromatic heterocycles. The van der Waals surface area contributed by atoms with Gasteiger partial charge in [-0.3, -0.25) is 14.9 Å². The normalized spacial score (nSPS) is 14.2. The van der Waals surface area contributed by atoms with Gasteiger partial charge in [0.05, 0.1) is 15.2 Å². The van der Waals surface area contributed by atoms with Crippen molar-refractivity contribution in [2.45, 2.75) is 6.92 Å². The molecule has 2 aromatic carbocycles. The Bertz CT molecular complexity index is 1320. The Morgan fingerprint density at radius 1 is 1.09 bits per heavy atom. The van der Waals surface area contributed by atoms with Crippen LogP contribution in [0.25, 0.3) is 21.4 Å². The number of carbonyl (C=O) groups is 1. The van der Waals surface area contributed by atoms with E-state index in [4.69, 9.17) is 4.42 Å². The van der Waals surface area contributed by atoms with Crippen LogP contribution in [0.15, 0.2) is 59.0 Å². The molecule has 0 unspecified atom stereocenters. The van der Waals surface area contributed by atoms with E-state index in [9.17, 15) is 14.9 Å². The predicted octanol–water partition coefficient (Wildman–Crippen LogP) is 4.74. The lowest BCUT2D eigenvalue weighted by molar-refractivity contribution is -0.384. The number of nitro benzene ring substituents is 1. The summed E-state index contributed by atoms with van der Waals surface area (Å²) in [6, 6.07) is 16.3. The largest absolute Gasteiger partial charge is 0.451 e. The first kappa shape index (κ1) is 20.2. The number of furan rings is 1. The Hall–Kier alpha value is -3.72. The molecular formula is C23H20N4O4S. The number of piperazine rings is 1. The fraction of sp³-hybridized carbons (Fsp3) is 0.217. The SMILES string of the molecule is Cc1ccc(-c2ccc(C(=O)N3CCN(c4nsc5ccccc45)CC3)o2)c([N+](=O)[O-])c1. The molecule has 5 rings (SSSR count). The topological polar surface area (TPSA) is 92.7 Å². The van der Waals surface area contributed by atoms with E-state index in [0.717, 1.165) is 21.5 Å². The van der Waals surface area contributed by atoms with Crippen LogP contribution in [0.4, 0.5) is 11.5 Å². The van der Waals surface area contributed by atoms with Gasteiger partial charge in [-0.05, 0) is 54.4 Å². The fourth-order valence-corrected chi connectivity index (χ4v) is 4.77. The number of hydrogen-bond acceptors (Lipinski definition) is 7. The molecule has 1 aliphatic rings. The van der Waals surface area contributed by atoms with Gasteiger partial charge in [0.2, 0.25) is 0 Å². The summed E-state index contributed by atoms with van der Waals surface area (Å²) < 4.78 is 11.5. The molecule has 1 fully saturated rings. The summed E-state index contributed by atoms with van der Waals surface area (Å²) in [4.78, 5) is 27.9. The van der Waals surface area contributed by atoms with Gasteiger partial charge in [0.25, 0.3) is 11.6 Å². The van der Waals surface area contributed by atoms with Gasteiger partial charge in [0.1, 0.15) is 11.6 Å². The first-order valence-electron chi connectivity index (χ1n) is 10.2. The van der Waals surface area contributed by atoms with E-state index in [1.165, 1.54) is 17.6 Å². The third kappa shape index (κ3) is 3.60. The van der Waals surface area contributed by atoms with Crippen molar-refractivity contribution in [2.75, 3.05) is 31.1 Å². The zero-order valence-corrected chi connectivity index (χ0v) is 18.2. The minimum Gasteiger partial charge on any atom is -0.451 e. The number of fused-ring (bicyclic) bond motifs is 1. The van der Waals surface area contributed by atoms with Crippen LogP contribution >= 0.6 is 11.5 Å². The molecular weight excluding hydrogens is 428 g/mol. The number of aryl methyl sites for hydroxylation is 1. The second-order valence-electron chi connectivity index (χ2n) is 7.72. The highest BCUT2D eigenvalue weighted by Crippen LogP contribution is 2.33. The number of aromatic nitrogens is 1. The summed E-state index contributed by atoms with van der Waals surface area (Å²) in [7, 11) is 0. The molecule has 1 saturated heterocycles. The quantitative estimate of drug-likeness (QED) is 0.331. The second-order valence-corrected chi connectivity index (χ2v) is 8.53. The minimum absolute atomic E-state index is 0.0394. The summed E-state index contributed by atoms with van der Waals surface area (Å²) in [5.74, 6) is 1.24. The summed E-state index contributed by atoms with van der Waals surface area (Å²) in [5.41, 5.74) is 1.11. The van der Waals surface area contributed by atoms with Gasteiger partial charge in [-0.1, -0.05) is 18.2 Å². The van der Waals surface area contributed by atoms with E-state index >= 15 is 0 Å². The van der Waals surface area contributed by atoms with Crippen molar-refractivity contribution in [1.29, 1.82) is 0 Å². The zero-order chi connectivity index (χ0) is 22.2. The molecule has 32 heavy (non-hydrogen) atoms. The molecule has 0 atom stereocenters. The number of carbonyl (C=O) groups excluding carboxylic acids is 1. The maximum absolute atomic E-state index is 13.0. The molecule has 4 aromatic rings. The van der Waals surface area contributed by atoms with E-state index in [1.807, 2.05) is 12.1 Å². The Labute approximate surface area is 188 Å². The maximum Gasteiger partial charge on any atom is 0.289 e. The van der Waals surface area contributed by atoms with Crippen molar-refractivity contribution in [3.8, 4) is 11.3 Å². The Kier molecular flexibility index (Phi) is 5.10. The first-order chi connectivity index (χ1) is 15.5. The van der Waals surface area contributed by atoms with Gasteiger partial charge in [-0.25, -0.2) is 0 Å². The van der Waals surface area contributed by atoms with E-state index in [1.54, 1.807) is 36.1 Å². The number of hydrogen-bond donors (Lipinski definition) is 0. The van der Waals surface area contributed by atoms with Gasteiger partial charge < -0.3 is 14.2 Å². The van der Waals surface area contributed by atoms with Gasteiger partial charge in [0.15, 0.2) is 5.76 Å². The number of amides is 1. The van der Waals surface area contributed by atoms with Gasteiger partial charge >= 0.3 is 0 Å². The average molecular weight is 449 g/mol. The Morgan fingerprint density at radius 3 is 2.66 bits per heavy atom. The number of benzene rings is 2. The van der Waals surface area contributed by atoms with Crippen LogP contribution in [0.2, 0.25) is 0 Å². The van der Waals surface area contributed by atoms with Gasteiger partial charge in [-0.2, -0.15) is 4.37 Å². The molecule has 8 nitrogen and oxygen atoms in total. The molecule has 3 heterocycles. The van der Waals surface area contributed by atoms with E-state index in [0.29, 0.717) is 37.5 Å². The third-order valence-corrected chi connectivity index (χ3v) is 6.47. The second kappa shape index (κ2) is 8.08. The molecule has 162 valence electrons. The Morgan fingerprint density at radius 2 is 1.88 bits per heavy atom. The lowest BCUT2D eigenvalue weighted by Crippen LogP contribution is -2.48. The standard InChI is InChI=1S/C23H20N4O4S/c1-15-6-7-16(18(14-15)27(29)30)19-8-9-20(31-19)23(28)26-12-10-25(11-13-26)22-17-4-2-3-5-21(17)32-24-22/h2-9,14H,10-13H2,1H3. The average Bonchev–Trinajstić information content (AvgIpc) is 3.46. The monoisotopic (exact) mass is 448 g/mol. The maximum atomic E-state index is 13.0. The number of nitrogens with zero attached hydrogens (tertiary/aromatic N) is 4. The van der Waals surface area contributed by atoms with Crippen molar-refractivity contribution in [3.05, 3.63) is 76.0 Å². The molecule has 1 aliphatic heterocycles. The van der Waals surface area contributed by atoms with Crippen LogP contribution in [0, 0.1) is 17.0 Å². The molecule has 0 bridgehead atoms. The summed E-state index contributed by atoms with van der Waals surface area (Å²) >= 11 is 1.48. The molecule has 1 amide bonds. The summed E-state index contributed by atoms with van der Waals surface area (Å²) in [5, 5.41) is 12.6. The van der Waals surface area contributed by atoms with E-state index in [2.05, 4.69) is 21.4 Å².